The molecule has 1 atom stereocenters. The second-order valence-corrected chi connectivity index (χ2v) is 6.27. The third kappa shape index (κ3) is 6.36. The topological polar surface area (TPSA) is 66.4 Å². The monoisotopic (exact) mass is 277 g/mol. The van der Waals surface area contributed by atoms with Crippen LogP contribution in [0.1, 0.15) is 32.8 Å². The van der Waals surface area contributed by atoms with Crippen LogP contribution < -0.4 is 5.32 Å². The molecule has 1 rings (SSSR count). The SMILES string of the molecule is CC(C)(C)CC(=O)NCC(Cc1ccccc1)C(=O)O. The summed E-state index contributed by atoms with van der Waals surface area (Å²) in [4.78, 5) is 23.0. The van der Waals surface area contributed by atoms with E-state index in [1.165, 1.54) is 0 Å². The molecule has 1 unspecified atom stereocenters. The first-order valence-corrected chi connectivity index (χ1v) is 6.81. The highest BCUT2D eigenvalue weighted by atomic mass is 16.4. The Labute approximate surface area is 120 Å². The van der Waals surface area contributed by atoms with Gasteiger partial charge in [-0.05, 0) is 17.4 Å². The maximum absolute atomic E-state index is 11.7. The van der Waals surface area contributed by atoms with Crippen molar-refractivity contribution in [2.24, 2.45) is 11.3 Å². The molecule has 0 saturated carbocycles. The van der Waals surface area contributed by atoms with Crippen LogP contribution in [-0.2, 0) is 16.0 Å². The van der Waals surface area contributed by atoms with Crippen molar-refractivity contribution in [3.63, 3.8) is 0 Å². The van der Waals surface area contributed by atoms with E-state index in [-0.39, 0.29) is 17.9 Å². The summed E-state index contributed by atoms with van der Waals surface area (Å²) in [5, 5.41) is 11.9. The van der Waals surface area contributed by atoms with Crippen molar-refractivity contribution in [1.29, 1.82) is 0 Å². The lowest BCUT2D eigenvalue weighted by atomic mass is 9.91. The minimum Gasteiger partial charge on any atom is -0.481 e. The highest BCUT2D eigenvalue weighted by Crippen LogP contribution is 2.18. The van der Waals surface area contributed by atoms with E-state index < -0.39 is 11.9 Å². The summed E-state index contributed by atoms with van der Waals surface area (Å²) in [5.41, 5.74) is 0.868. The summed E-state index contributed by atoms with van der Waals surface area (Å²) in [6.45, 7) is 6.10. The van der Waals surface area contributed by atoms with Crippen molar-refractivity contribution in [3.05, 3.63) is 35.9 Å². The van der Waals surface area contributed by atoms with Crippen LogP contribution >= 0.6 is 0 Å². The zero-order chi connectivity index (χ0) is 15.2. The fraction of sp³-hybridized carbons (Fsp3) is 0.500. The molecule has 0 aliphatic heterocycles. The van der Waals surface area contributed by atoms with Gasteiger partial charge in [-0.25, -0.2) is 0 Å². The van der Waals surface area contributed by atoms with E-state index in [0.29, 0.717) is 12.8 Å². The van der Waals surface area contributed by atoms with E-state index in [4.69, 9.17) is 0 Å². The minimum atomic E-state index is -0.884. The molecule has 1 aromatic rings. The minimum absolute atomic E-state index is 0.0950. The summed E-state index contributed by atoms with van der Waals surface area (Å²) < 4.78 is 0. The fourth-order valence-electron chi connectivity index (χ4n) is 1.93. The van der Waals surface area contributed by atoms with Crippen LogP contribution in [-0.4, -0.2) is 23.5 Å². The van der Waals surface area contributed by atoms with Crippen molar-refractivity contribution in [3.8, 4) is 0 Å². The first-order chi connectivity index (χ1) is 9.28. The molecule has 1 amide bonds. The van der Waals surface area contributed by atoms with Gasteiger partial charge in [0.1, 0.15) is 0 Å². The molecular weight excluding hydrogens is 254 g/mol. The fourth-order valence-corrected chi connectivity index (χ4v) is 1.93. The smallest absolute Gasteiger partial charge is 0.308 e. The molecule has 2 N–H and O–H groups in total. The molecule has 0 saturated heterocycles. The molecule has 0 aliphatic carbocycles. The Kier molecular flexibility index (Phi) is 5.74. The molecular formula is C16H23NO3. The van der Waals surface area contributed by atoms with Crippen LogP contribution in [0.15, 0.2) is 30.3 Å². The summed E-state index contributed by atoms with van der Waals surface area (Å²) in [6, 6.07) is 9.45. The number of hydrogen-bond acceptors (Lipinski definition) is 2. The number of aliphatic carboxylic acids is 1. The number of benzene rings is 1. The first-order valence-electron chi connectivity index (χ1n) is 6.81. The average molecular weight is 277 g/mol. The van der Waals surface area contributed by atoms with E-state index >= 15 is 0 Å². The number of carboxylic acids is 1. The summed E-state index contributed by atoms with van der Waals surface area (Å²) in [6.07, 6.45) is 0.816. The predicted octanol–water partition coefficient (Wildman–Crippen LogP) is 2.48. The normalized spacial score (nSPS) is 12.8. The van der Waals surface area contributed by atoms with Crippen LogP contribution in [0.3, 0.4) is 0 Å². The third-order valence-corrected chi connectivity index (χ3v) is 2.91. The van der Waals surface area contributed by atoms with Crippen molar-refractivity contribution in [1.82, 2.24) is 5.32 Å². The number of rotatable bonds is 6. The number of carbonyl (C=O) groups excluding carboxylic acids is 1. The zero-order valence-electron chi connectivity index (χ0n) is 12.3. The molecule has 4 heteroatoms. The van der Waals surface area contributed by atoms with Crippen LogP contribution in [0, 0.1) is 11.3 Å². The van der Waals surface area contributed by atoms with Crippen LogP contribution in [0.5, 0.6) is 0 Å². The summed E-state index contributed by atoms with van der Waals surface area (Å²) in [5.74, 6) is -1.58. The molecule has 0 bridgehead atoms. The zero-order valence-corrected chi connectivity index (χ0v) is 12.3. The third-order valence-electron chi connectivity index (χ3n) is 2.91. The lowest BCUT2D eigenvalue weighted by molar-refractivity contribution is -0.141. The molecule has 0 aliphatic rings. The maximum Gasteiger partial charge on any atom is 0.308 e. The van der Waals surface area contributed by atoms with Crippen LogP contribution in [0.2, 0.25) is 0 Å². The summed E-state index contributed by atoms with van der Waals surface area (Å²) in [7, 11) is 0. The first kappa shape index (κ1) is 16.2. The number of amides is 1. The van der Waals surface area contributed by atoms with Crippen molar-refractivity contribution < 1.29 is 14.7 Å². The Bertz CT molecular complexity index is 449. The number of carboxylic acid groups (broad SMARTS) is 1. The lowest BCUT2D eigenvalue weighted by Gasteiger charge is -2.19. The standard InChI is InChI=1S/C16H23NO3/c1-16(2,3)10-14(18)17-11-13(15(19)20)9-12-7-5-4-6-8-12/h4-8,13H,9-11H2,1-3H3,(H,17,18)(H,19,20). The van der Waals surface area contributed by atoms with Crippen molar-refractivity contribution >= 4 is 11.9 Å². The molecule has 0 radical (unpaired) electrons. The Morgan fingerprint density at radius 3 is 2.30 bits per heavy atom. The average Bonchev–Trinajstić information content (AvgIpc) is 2.33. The molecule has 0 spiro atoms. The van der Waals surface area contributed by atoms with Gasteiger partial charge in [0.2, 0.25) is 5.91 Å². The highest BCUT2D eigenvalue weighted by molar-refractivity contribution is 5.78. The van der Waals surface area contributed by atoms with Gasteiger partial charge in [0.15, 0.2) is 0 Å². The van der Waals surface area contributed by atoms with Gasteiger partial charge in [-0.2, -0.15) is 0 Å². The molecule has 4 nitrogen and oxygen atoms in total. The van der Waals surface area contributed by atoms with Gasteiger partial charge >= 0.3 is 5.97 Å². The molecule has 110 valence electrons. The van der Waals surface area contributed by atoms with E-state index in [1.54, 1.807) is 0 Å². The largest absolute Gasteiger partial charge is 0.481 e. The Morgan fingerprint density at radius 1 is 1.20 bits per heavy atom. The Morgan fingerprint density at radius 2 is 1.80 bits per heavy atom. The van der Waals surface area contributed by atoms with Crippen LogP contribution in [0.25, 0.3) is 0 Å². The molecule has 0 aromatic heterocycles. The van der Waals surface area contributed by atoms with Gasteiger partial charge in [0.25, 0.3) is 0 Å². The lowest BCUT2D eigenvalue weighted by Crippen LogP contribution is -2.35. The number of carbonyl (C=O) groups is 2. The van der Waals surface area contributed by atoms with Crippen molar-refractivity contribution in [2.45, 2.75) is 33.6 Å². The molecule has 20 heavy (non-hydrogen) atoms. The Balaban J connectivity index is 2.52. The van der Waals surface area contributed by atoms with Crippen molar-refractivity contribution in [2.75, 3.05) is 6.54 Å². The highest BCUT2D eigenvalue weighted by Gasteiger charge is 2.21. The molecule has 0 fully saturated rings. The quantitative estimate of drug-likeness (QED) is 0.839. The Hall–Kier alpha value is -1.84. The van der Waals surface area contributed by atoms with Gasteiger partial charge in [-0.15, -0.1) is 0 Å². The van der Waals surface area contributed by atoms with E-state index in [0.717, 1.165) is 5.56 Å². The maximum atomic E-state index is 11.7. The van der Waals surface area contributed by atoms with E-state index in [9.17, 15) is 14.7 Å². The van der Waals surface area contributed by atoms with Gasteiger partial charge < -0.3 is 10.4 Å². The van der Waals surface area contributed by atoms with E-state index in [2.05, 4.69) is 5.32 Å². The summed E-state index contributed by atoms with van der Waals surface area (Å²) >= 11 is 0. The molecule has 0 heterocycles. The van der Waals surface area contributed by atoms with Gasteiger partial charge in [0, 0.05) is 13.0 Å². The second-order valence-electron chi connectivity index (χ2n) is 6.27. The second kappa shape index (κ2) is 7.08. The predicted molar refractivity (Wildman–Crippen MR) is 78.4 cm³/mol. The van der Waals surface area contributed by atoms with Gasteiger partial charge in [-0.3, -0.25) is 9.59 Å². The van der Waals surface area contributed by atoms with Crippen LogP contribution in [0.4, 0.5) is 0 Å². The van der Waals surface area contributed by atoms with E-state index in [1.807, 2.05) is 51.1 Å². The van der Waals surface area contributed by atoms with Gasteiger partial charge in [0.05, 0.1) is 5.92 Å². The number of nitrogens with one attached hydrogen (secondary N) is 1. The number of hydrogen-bond donors (Lipinski definition) is 2. The van der Waals surface area contributed by atoms with Gasteiger partial charge in [-0.1, -0.05) is 51.1 Å². The molecule has 1 aromatic carbocycles.